The molecule has 0 bridgehead atoms. The van der Waals surface area contributed by atoms with E-state index in [9.17, 15) is 4.79 Å². The van der Waals surface area contributed by atoms with Crippen LogP contribution in [-0.4, -0.2) is 21.3 Å². The average molecular weight is 254 g/mol. The molecule has 0 amide bonds. The topological polar surface area (TPSA) is 98.9 Å². The van der Waals surface area contributed by atoms with Gasteiger partial charge in [-0.2, -0.15) is 10.4 Å². The van der Waals surface area contributed by atoms with Crippen LogP contribution in [0.25, 0.3) is 0 Å². The monoisotopic (exact) mass is 254 g/mol. The van der Waals surface area contributed by atoms with E-state index in [-0.39, 0.29) is 5.56 Å². The number of aromatic carboxylic acids is 1. The summed E-state index contributed by atoms with van der Waals surface area (Å²) in [5, 5.41) is 28.2. The molecule has 2 aromatic rings. The summed E-state index contributed by atoms with van der Waals surface area (Å²) in [6.45, 7) is 0.438. The molecular weight excluding hydrogens is 244 g/mol. The third kappa shape index (κ3) is 3.04. The lowest BCUT2D eigenvalue weighted by atomic mass is 10.1. The lowest BCUT2D eigenvalue weighted by Crippen LogP contribution is -2.05. The van der Waals surface area contributed by atoms with Gasteiger partial charge in [0.25, 0.3) is 0 Å². The van der Waals surface area contributed by atoms with Gasteiger partial charge >= 0.3 is 5.97 Å². The summed E-state index contributed by atoms with van der Waals surface area (Å²) in [6.07, 6.45) is 1.45. The SMILES string of the molecule is N#Cc1ccnnc1NCc1ccc(C(=O)O)cc1. The van der Waals surface area contributed by atoms with Crippen molar-refractivity contribution in [2.75, 3.05) is 5.32 Å². The van der Waals surface area contributed by atoms with Gasteiger partial charge in [0, 0.05) is 6.54 Å². The summed E-state index contributed by atoms with van der Waals surface area (Å²) in [6, 6.07) is 10.1. The van der Waals surface area contributed by atoms with Gasteiger partial charge in [-0.3, -0.25) is 0 Å². The van der Waals surface area contributed by atoms with Gasteiger partial charge in [-0.1, -0.05) is 12.1 Å². The van der Waals surface area contributed by atoms with Crippen LogP contribution in [0.5, 0.6) is 0 Å². The van der Waals surface area contributed by atoms with Gasteiger partial charge in [-0.05, 0) is 23.8 Å². The molecule has 2 N–H and O–H groups in total. The van der Waals surface area contributed by atoms with E-state index in [4.69, 9.17) is 10.4 Å². The highest BCUT2D eigenvalue weighted by molar-refractivity contribution is 5.87. The highest BCUT2D eigenvalue weighted by Gasteiger charge is 2.04. The van der Waals surface area contributed by atoms with Crippen molar-refractivity contribution in [3.05, 3.63) is 53.2 Å². The Morgan fingerprint density at radius 3 is 2.68 bits per heavy atom. The Bertz CT molecular complexity index is 632. The first-order chi connectivity index (χ1) is 9.20. The highest BCUT2D eigenvalue weighted by atomic mass is 16.4. The molecule has 1 aromatic carbocycles. The largest absolute Gasteiger partial charge is 0.478 e. The summed E-state index contributed by atoms with van der Waals surface area (Å²) in [5.74, 6) is -0.549. The number of nitrogens with zero attached hydrogens (tertiary/aromatic N) is 3. The van der Waals surface area contributed by atoms with E-state index in [0.29, 0.717) is 17.9 Å². The number of aromatic nitrogens is 2. The van der Waals surface area contributed by atoms with E-state index in [0.717, 1.165) is 5.56 Å². The maximum atomic E-state index is 10.7. The number of hydrogen-bond donors (Lipinski definition) is 2. The van der Waals surface area contributed by atoms with Crippen LogP contribution in [0, 0.1) is 11.3 Å². The van der Waals surface area contributed by atoms with Crippen molar-refractivity contribution in [1.82, 2.24) is 10.2 Å². The molecule has 0 saturated carbocycles. The first-order valence-corrected chi connectivity index (χ1v) is 5.48. The molecule has 94 valence electrons. The predicted molar refractivity (Wildman–Crippen MR) is 67.5 cm³/mol. The molecule has 0 unspecified atom stereocenters. The lowest BCUT2D eigenvalue weighted by molar-refractivity contribution is 0.0697. The van der Waals surface area contributed by atoms with Crippen molar-refractivity contribution in [2.24, 2.45) is 0 Å². The zero-order chi connectivity index (χ0) is 13.7. The van der Waals surface area contributed by atoms with Crippen molar-refractivity contribution in [3.63, 3.8) is 0 Å². The van der Waals surface area contributed by atoms with E-state index < -0.39 is 5.97 Å². The molecule has 19 heavy (non-hydrogen) atoms. The van der Waals surface area contributed by atoms with Crippen LogP contribution in [0.1, 0.15) is 21.5 Å². The van der Waals surface area contributed by atoms with Gasteiger partial charge in [-0.15, -0.1) is 5.10 Å². The van der Waals surface area contributed by atoms with Gasteiger partial charge in [0.15, 0.2) is 5.82 Å². The van der Waals surface area contributed by atoms with Crippen molar-refractivity contribution in [2.45, 2.75) is 6.54 Å². The molecule has 1 heterocycles. The Morgan fingerprint density at radius 1 is 1.32 bits per heavy atom. The Morgan fingerprint density at radius 2 is 2.05 bits per heavy atom. The first kappa shape index (κ1) is 12.5. The minimum Gasteiger partial charge on any atom is -0.478 e. The van der Waals surface area contributed by atoms with Crippen LogP contribution in [0.3, 0.4) is 0 Å². The zero-order valence-corrected chi connectivity index (χ0v) is 9.87. The van der Waals surface area contributed by atoms with Gasteiger partial charge in [0.05, 0.1) is 17.3 Å². The van der Waals surface area contributed by atoms with E-state index in [2.05, 4.69) is 15.5 Å². The van der Waals surface area contributed by atoms with Gasteiger partial charge < -0.3 is 10.4 Å². The molecule has 0 aliphatic heterocycles. The van der Waals surface area contributed by atoms with Crippen LogP contribution in [-0.2, 0) is 6.54 Å². The van der Waals surface area contributed by atoms with Crippen LogP contribution >= 0.6 is 0 Å². The van der Waals surface area contributed by atoms with Gasteiger partial charge in [0.2, 0.25) is 0 Å². The molecule has 0 saturated heterocycles. The number of nitriles is 1. The van der Waals surface area contributed by atoms with Crippen molar-refractivity contribution >= 4 is 11.8 Å². The number of carbonyl (C=O) groups is 1. The van der Waals surface area contributed by atoms with Crippen molar-refractivity contribution < 1.29 is 9.90 Å². The van der Waals surface area contributed by atoms with Crippen LogP contribution in [0.2, 0.25) is 0 Å². The maximum absolute atomic E-state index is 10.7. The molecule has 2 rings (SSSR count). The van der Waals surface area contributed by atoms with Crippen molar-refractivity contribution in [3.8, 4) is 6.07 Å². The van der Waals surface area contributed by atoms with E-state index >= 15 is 0 Å². The van der Waals surface area contributed by atoms with Gasteiger partial charge in [-0.25, -0.2) is 4.79 Å². The maximum Gasteiger partial charge on any atom is 0.335 e. The number of nitrogens with one attached hydrogen (secondary N) is 1. The van der Waals surface area contributed by atoms with E-state index in [1.807, 2.05) is 6.07 Å². The minimum absolute atomic E-state index is 0.237. The Labute approximate surface area is 109 Å². The molecule has 0 fully saturated rings. The first-order valence-electron chi connectivity index (χ1n) is 5.48. The quantitative estimate of drug-likeness (QED) is 0.860. The van der Waals surface area contributed by atoms with Gasteiger partial charge in [0.1, 0.15) is 6.07 Å². The second-order valence-electron chi connectivity index (χ2n) is 3.76. The molecule has 1 aromatic heterocycles. The Kier molecular flexibility index (Phi) is 3.69. The predicted octanol–water partition coefficient (Wildman–Crippen LogP) is 1.66. The van der Waals surface area contributed by atoms with Crippen LogP contribution < -0.4 is 5.32 Å². The number of carboxylic acid groups (broad SMARTS) is 1. The smallest absolute Gasteiger partial charge is 0.335 e. The number of benzene rings is 1. The fourth-order valence-electron chi connectivity index (χ4n) is 1.50. The minimum atomic E-state index is -0.958. The molecular formula is C13H10N4O2. The normalized spacial score (nSPS) is 9.63. The standard InChI is InChI=1S/C13H10N4O2/c14-7-11-5-6-16-17-12(11)15-8-9-1-3-10(4-2-9)13(18)19/h1-6H,8H2,(H,15,17)(H,18,19). The third-order valence-corrected chi connectivity index (χ3v) is 2.50. The summed E-state index contributed by atoms with van der Waals surface area (Å²) in [7, 11) is 0. The second-order valence-corrected chi connectivity index (χ2v) is 3.76. The van der Waals surface area contributed by atoms with E-state index in [1.165, 1.54) is 18.3 Å². The molecule has 0 atom stereocenters. The van der Waals surface area contributed by atoms with Crippen LogP contribution in [0.15, 0.2) is 36.5 Å². The molecule has 6 heteroatoms. The number of anilines is 1. The molecule has 6 nitrogen and oxygen atoms in total. The summed E-state index contributed by atoms with van der Waals surface area (Å²) >= 11 is 0. The third-order valence-electron chi connectivity index (χ3n) is 2.50. The Hall–Kier alpha value is -2.94. The zero-order valence-electron chi connectivity index (χ0n) is 9.87. The summed E-state index contributed by atoms with van der Waals surface area (Å²) < 4.78 is 0. The molecule has 0 radical (unpaired) electrons. The summed E-state index contributed by atoms with van der Waals surface area (Å²) in [4.78, 5) is 10.7. The number of carboxylic acids is 1. The molecule has 0 aliphatic rings. The number of rotatable bonds is 4. The van der Waals surface area contributed by atoms with Crippen LogP contribution in [0.4, 0.5) is 5.82 Å². The number of hydrogen-bond acceptors (Lipinski definition) is 5. The lowest BCUT2D eigenvalue weighted by Gasteiger charge is -2.06. The second kappa shape index (κ2) is 5.60. The Balaban J connectivity index is 2.06. The molecule has 0 spiro atoms. The molecule has 0 aliphatic carbocycles. The highest BCUT2D eigenvalue weighted by Crippen LogP contribution is 2.11. The summed E-state index contributed by atoms with van der Waals surface area (Å²) in [5.41, 5.74) is 1.54. The fourth-order valence-corrected chi connectivity index (χ4v) is 1.50. The van der Waals surface area contributed by atoms with Crippen molar-refractivity contribution in [1.29, 1.82) is 5.26 Å². The average Bonchev–Trinajstić information content (AvgIpc) is 2.45. The van der Waals surface area contributed by atoms with E-state index in [1.54, 1.807) is 18.2 Å². The fraction of sp³-hybridized carbons (Fsp3) is 0.0769.